The zero-order valence-electron chi connectivity index (χ0n) is 8.29. The van der Waals surface area contributed by atoms with E-state index in [9.17, 15) is 4.79 Å². The molecule has 2 rings (SSSR count). The molecule has 1 saturated heterocycles. The molecule has 2 heterocycles. The highest BCUT2D eigenvalue weighted by atomic mass is 35.5. The molecule has 1 unspecified atom stereocenters. The van der Waals surface area contributed by atoms with E-state index < -0.39 is 0 Å². The van der Waals surface area contributed by atoms with E-state index in [2.05, 4.69) is 4.98 Å². The molecule has 0 aromatic carbocycles. The van der Waals surface area contributed by atoms with Crippen molar-refractivity contribution >= 4 is 46.4 Å². The number of carbonyl (C=O) groups is 1. The maximum atomic E-state index is 11.7. The van der Waals surface area contributed by atoms with Gasteiger partial charge in [-0.2, -0.15) is 0 Å². The van der Waals surface area contributed by atoms with E-state index in [1.807, 2.05) is 0 Å². The molecule has 0 bridgehead atoms. The van der Waals surface area contributed by atoms with E-state index in [-0.39, 0.29) is 17.0 Å². The summed E-state index contributed by atoms with van der Waals surface area (Å²) >= 11 is 17.4. The number of carbonyl (C=O) groups excluding carboxylic acids is 1. The van der Waals surface area contributed by atoms with Gasteiger partial charge >= 0.3 is 0 Å². The minimum Gasteiger partial charge on any atom is -0.309 e. The molecule has 6 heteroatoms. The lowest BCUT2D eigenvalue weighted by atomic mass is 10.1. The van der Waals surface area contributed by atoms with Crippen LogP contribution in [-0.4, -0.2) is 23.3 Å². The van der Waals surface area contributed by atoms with Gasteiger partial charge in [-0.25, -0.2) is 4.98 Å². The van der Waals surface area contributed by atoms with Crippen LogP contribution in [0.4, 0.5) is 5.69 Å². The monoisotopic (exact) mass is 278 g/mol. The normalized spacial score (nSPS) is 20.6. The molecule has 1 amide bonds. The molecule has 0 spiro atoms. The van der Waals surface area contributed by atoms with Crippen LogP contribution < -0.4 is 4.90 Å². The van der Waals surface area contributed by atoms with E-state index in [0.717, 1.165) is 0 Å². The number of rotatable bonds is 2. The van der Waals surface area contributed by atoms with Gasteiger partial charge in [0.05, 0.1) is 5.69 Å². The Labute approximate surface area is 108 Å². The molecule has 1 aromatic heterocycles. The Morgan fingerprint density at radius 3 is 2.75 bits per heavy atom. The summed E-state index contributed by atoms with van der Waals surface area (Å²) in [7, 11) is 0. The third-order valence-corrected chi connectivity index (χ3v) is 3.43. The maximum Gasteiger partial charge on any atom is 0.227 e. The van der Waals surface area contributed by atoms with E-state index in [0.29, 0.717) is 29.7 Å². The van der Waals surface area contributed by atoms with Crippen molar-refractivity contribution in [1.29, 1.82) is 0 Å². The Balaban J connectivity index is 2.28. The van der Waals surface area contributed by atoms with Crippen LogP contribution in [0.2, 0.25) is 10.3 Å². The Kier molecular flexibility index (Phi) is 3.57. The first-order valence-corrected chi connectivity index (χ1v) is 6.09. The number of pyridine rings is 1. The van der Waals surface area contributed by atoms with Gasteiger partial charge in [-0.15, -0.1) is 11.6 Å². The highest BCUT2D eigenvalue weighted by molar-refractivity contribution is 6.34. The number of nitrogens with zero attached hydrogens (tertiary/aromatic N) is 2. The Morgan fingerprint density at radius 1 is 1.44 bits per heavy atom. The lowest BCUT2D eigenvalue weighted by molar-refractivity contribution is -0.117. The van der Waals surface area contributed by atoms with Crippen molar-refractivity contribution in [2.24, 2.45) is 5.92 Å². The first-order chi connectivity index (χ1) is 7.61. The number of halogens is 3. The smallest absolute Gasteiger partial charge is 0.227 e. The second-order valence-electron chi connectivity index (χ2n) is 3.67. The molecule has 1 aliphatic heterocycles. The van der Waals surface area contributed by atoms with Crippen molar-refractivity contribution in [1.82, 2.24) is 4.98 Å². The van der Waals surface area contributed by atoms with Gasteiger partial charge < -0.3 is 4.90 Å². The second-order valence-corrected chi connectivity index (χ2v) is 4.73. The Hall–Kier alpha value is -0.510. The molecule has 0 aliphatic carbocycles. The van der Waals surface area contributed by atoms with Gasteiger partial charge in [0.1, 0.15) is 5.15 Å². The van der Waals surface area contributed by atoms with E-state index in [1.165, 1.54) is 0 Å². The molecular weight excluding hydrogens is 270 g/mol. The first-order valence-electron chi connectivity index (χ1n) is 4.80. The number of alkyl halides is 1. The minimum absolute atomic E-state index is 0.0247. The zero-order valence-corrected chi connectivity index (χ0v) is 10.6. The number of hydrogen-bond donors (Lipinski definition) is 0. The molecule has 1 atom stereocenters. The van der Waals surface area contributed by atoms with Gasteiger partial charge in [0, 0.05) is 18.8 Å². The second kappa shape index (κ2) is 4.78. The van der Waals surface area contributed by atoms with Crippen LogP contribution in [0.1, 0.15) is 6.42 Å². The molecular formula is C10H9Cl3N2O. The molecule has 16 heavy (non-hydrogen) atoms. The molecule has 1 fully saturated rings. The Morgan fingerprint density at radius 2 is 2.19 bits per heavy atom. The quantitative estimate of drug-likeness (QED) is 0.616. The molecule has 1 aromatic rings. The summed E-state index contributed by atoms with van der Waals surface area (Å²) in [4.78, 5) is 17.2. The van der Waals surface area contributed by atoms with E-state index in [4.69, 9.17) is 34.8 Å². The SMILES string of the molecule is O=C1CC(CCl)CN1c1ccc(Cl)nc1Cl. The summed E-state index contributed by atoms with van der Waals surface area (Å²) in [6, 6.07) is 3.32. The summed E-state index contributed by atoms with van der Waals surface area (Å²) < 4.78 is 0. The topological polar surface area (TPSA) is 33.2 Å². The van der Waals surface area contributed by atoms with Crippen molar-refractivity contribution in [2.75, 3.05) is 17.3 Å². The third-order valence-electron chi connectivity index (χ3n) is 2.51. The van der Waals surface area contributed by atoms with Crippen molar-refractivity contribution in [2.45, 2.75) is 6.42 Å². The van der Waals surface area contributed by atoms with Gasteiger partial charge in [-0.1, -0.05) is 23.2 Å². The van der Waals surface area contributed by atoms with Crippen LogP contribution in [0.15, 0.2) is 12.1 Å². The fourth-order valence-electron chi connectivity index (χ4n) is 1.72. The summed E-state index contributed by atoms with van der Waals surface area (Å²) in [5.41, 5.74) is 0.601. The van der Waals surface area contributed by atoms with Gasteiger partial charge in [-0.3, -0.25) is 4.79 Å². The highest BCUT2D eigenvalue weighted by Gasteiger charge is 2.31. The van der Waals surface area contributed by atoms with E-state index in [1.54, 1.807) is 17.0 Å². The van der Waals surface area contributed by atoms with Crippen LogP contribution in [0.25, 0.3) is 0 Å². The van der Waals surface area contributed by atoms with Gasteiger partial charge in [0.2, 0.25) is 5.91 Å². The number of aromatic nitrogens is 1. The predicted molar refractivity (Wildman–Crippen MR) is 65.4 cm³/mol. The summed E-state index contributed by atoms with van der Waals surface area (Å²) in [5, 5.41) is 0.561. The molecule has 0 radical (unpaired) electrons. The highest BCUT2D eigenvalue weighted by Crippen LogP contribution is 2.31. The largest absolute Gasteiger partial charge is 0.309 e. The lowest BCUT2D eigenvalue weighted by Gasteiger charge is -2.17. The minimum atomic E-state index is 0.0247. The third kappa shape index (κ3) is 2.26. The predicted octanol–water partition coefficient (Wildman–Crippen LogP) is 2.98. The average molecular weight is 280 g/mol. The number of anilines is 1. The average Bonchev–Trinajstić information content (AvgIpc) is 2.60. The van der Waals surface area contributed by atoms with Crippen molar-refractivity contribution in [3.05, 3.63) is 22.4 Å². The van der Waals surface area contributed by atoms with Gasteiger partial charge in [0.15, 0.2) is 5.15 Å². The van der Waals surface area contributed by atoms with Crippen LogP contribution in [0.5, 0.6) is 0 Å². The van der Waals surface area contributed by atoms with Crippen LogP contribution in [-0.2, 0) is 4.79 Å². The zero-order chi connectivity index (χ0) is 11.7. The summed E-state index contributed by atoms with van der Waals surface area (Å²) in [6.07, 6.45) is 0.461. The van der Waals surface area contributed by atoms with Gasteiger partial charge in [0.25, 0.3) is 0 Å². The van der Waals surface area contributed by atoms with Crippen molar-refractivity contribution in [3.8, 4) is 0 Å². The lowest BCUT2D eigenvalue weighted by Crippen LogP contribution is -2.25. The number of amides is 1. The van der Waals surface area contributed by atoms with Crippen molar-refractivity contribution < 1.29 is 4.79 Å². The maximum absolute atomic E-state index is 11.7. The molecule has 3 nitrogen and oxygen atoms in total. The first kappa shape index (κ1) is 12.0. The summed E-state index contributed by atoms with van der Waals surface area (Å²) in [6.45, 7) is 0.589. The van der Waals surface area contributed by atoms with Gasteiger partial charge in [-0.05, 0) is 18.1 Å². The molecule has 0 N–H and O–H groups in total. The standard InChI is InChI=1S/C10H9Cl3N2O/c11-4-6-3-9(16)15(5-6)7-1-2-8(12)14-10(7)13/h1-2,6H,3-5H2. The number of hydrogen-bond acceptors (Lipinski definition) is 2. The Bertz CT molecular complexity index is 425. The van der Waals surface area contributed by atoms with E-state index >= 15 is 0 Å². The molecule has 86 valence electrons. The fraction of sp³-hybridized carbons (Fsp3) is 0.400. The van der Waals surface area contributed by atoms with Crippen LogP contribution in [0.3, 0.4) is 0 Å². The van der Waals surface area contributed by atoms with Crippen molar-refractivity contribution in [3.63, 3.8) is 0 Å². The fourth-order valence-corrected chi connectivity index (χ4v) is 2.38. The summed E-state index contributed by atoms with van der Waals surface area (Å²) in [5.74, 6) is 0.679. The van der Waals surface area contributed by atoms with Crippen LogP contribution in [0, 0.1) is 5.92 Å². The molecule has 1 aliphatic rings. The van der Waals surface area contributed by atoms with Crippen LogP contribution >= 0.6 is 34.8 Å². The molecule has 0 saturated carbocycles.